The van der Waals surface area contributed by atoms with Crippen LogP contribution in [-0.4, -0.2) is 53.5 Å². The van der Waals surface area contributed by atoms with Crippen molar-refractivity contribution in [3.8, 4) is 5.75 Å². The van der Waals surface area contributed by atoms with E-state index in [1.54, 1.807) is 12.0 Å². The third-order valence-electron chi connectivity index (χ3n) is 9.70. The first-order chi connectivity index (χ1) is 20.2. The van der Waals surface area contributed by atoms with Crippen molar-refractivity contribution in [1.82, 2.24) is 10.2 Å². The zero-order valence-electron chi connectivity index (χ0n) is 24.8. The number of methoxy groups -OCH3 is 1. The molecule has 1 spiro atoms. The summed E-state index contributed by atoms with van der Waals surface area (Å²) >= 11 is 0. The number of rotatable bonds is 8. The molecule has 3 fully saturated rings. The number of benzene rings is 2. The van der Waals surface area contributed by atoms with Gasteiger partial charge in [0, 0.05) is 18.3 Å². The lowest BCUT2D eigenvalue weighted by Gasteiger charge is -2.36. The van der Waals surface area contributed by atoms with Crippen molar-refractivity contribution in [2.45, 2.75) is 82.7 Å². The van der Waals surface area contributed by atoms with Crippen LogP contribution in [0.15, 0.2) is 60.7 Å². The summed E-state index contributed by atoms with van der Waals surface area (Å²) in [5.74, 6) is -0.862. The minimum Gasteiger partial charge on any atom is -0.497 e. The van der Waals surface area contributed by atoms with Gasteiger partial charge in [0.25, 0.3) is 0 Å². The van der Waals surface area contributed by atoms with Crippen molar-refractivity contribution in [2.75, 3.05) is 12.4 Å². The molecule has 3 aliphatic heterocycles. The molecule has 2 bridgehead atoms. The van der Waals surface area contributed by atoms with Gasteiger partial charge in [-0.05, 0) is 60.1 Å². The molecule has 2 N–H and O–H groups in total. The molecule has 8 heteroatoms. The maximum Gasteiger partial charge on any atom is 0.246 e. The summed E-state index contributed by atoms with van der Waals surface area (Å²) in [5.41, 5.74) is 1.49. The lowest BCUT2D eigenvalue weighted by atomic mass is 9.74. The van der Waals surface area contributed by atoms with Crippen LogP contribution in [0.1, 0.15) is 63.5 Å². The van der Waals surface area contributed by atoms with Crippen LogP contribution >= 0.6 is 0 Å². The van der Waals surface area contributed by atoms with E-state index in [1.807, 2.05) is 60.7 Å². The average Bonchev–Trinajstić information content (AvgIpc) is 3.62. The number of nitrogens with zero attached hydrogens (tertiary/aromatic N) is 1. The van der Waals surface area contributed by atoms with Crippen LogP contribution in [0.25, 0.3) is 0 Å². The second-order valence-corrected chi connectivity index (χ2v) is 12.7. The minimum absolute atomic E-state index is 0.0472. The van der Waals surface area contributed by atoms with Crippen LogP contribution in [0, 0.1) is 17.8 Å². The van der Waals surface area contributed by atoms with E-state index in [1.165, 1.54) is 5.56 Å². The maximum absolute atomic E-state index is 14.3. The minimum atomic E-state index is -1.20. The first-order valence-corrected chi connectivity index (χ1v) is 15.2. The van der Waals surface area contributed by atoms with Crippen LogP contribution in [0.4, 0.5) is 5.69 Å². The maximum atomic E-state index is 14.3. The lowest BCUT2D eigenvalue weighted by molar-refractivity contribution is -0.142. The molecule has 6 rings (SSSR count). The Hall–Kier alpha value is -3.65. The first kappa shape index (κ1) is 28.5. The third-order valence-corrected chi connectivity index (χ3v) is 9.70. The molecule has 3 heterocycles. The standard InChI is InChI=1S/C34H41N3O5/c1-20(2)23-12-14-24(15-13-23)35-31(38)28-27-16-17-34(42-27)29(28)33(40)37(19-22-9-7-10-25(18-22)41-4)30(34)32(39)36-26-11-6-5-8-21(26)3/h7,9-10,12-18,20-21,26-30H,5-6,8,11,19H2,1-4H3,(H,35,38)(H,36,39). The molecule has 2 aromatic rings. The van der Waals surface area contributed by atoms with E-state index in [4.69, 9.17) is 9.47 Å². The van der Waals surface area contributed by atoms with Crippen molar-refractivity contribution in [2.24, 2.45) is 17.8 Å². The predicted molar refractivity (Wildman–Crippen MR) is 160 cm³/mol. The predicted octanol–water partition coefficient (Wildman–Crippen LogP) is 4.80. The number of nitrogens with one attached hydrogen (secondary N) is 2. The number of hydrogen-bond donors (Lipinski definition) is 2. The summed E-state index contributed by atoms with van der Waals surface area (Å²) in [4.78, 5) is 43.9. The Bertz CT molecular complexity index is 1390. The van der Waals surface area contributed by atoms with E-state index in [0.29, 0.717) is 23.3 Å². The molecular weight excluding hydrogens is 530 g/mol. The summed E-state index contributed by atoms with van der Waals surface area (Å²) in [6.07, 6.45) is 7.36. The van der Waals surface area contributed by atoms with Gasteiger partial charge in [0.1, 0.15) is 17.4 Å². The molecule has 7 atom stereocenters. The second kappa shape index (κ2) is 11.2. The Morgan fingerprint density at radius 1 is 1.10 bits per heavy atom. The summed E-state index contributed by atoms with van der Waals surface area (Å²) in [6, 6.07) is 14.4. The van der Waals surface area contributed by atoms with E-state index in [-0.39, 0.29) is 30.3 Å². The average molecular weight is 572 g/mol. The third kappa shape index (κ3) is 4.89. The Labute approximate surface area is 247 Å². The monoisotopic (exact) mass is 571 g/mol. The van der Waals surface area contributed by atoms with Gasteiger partial charge in [-0.25, -0.2) is 0 Å². The summed E-state index contributed by atoms with van der Waals surface area (Å²) in [6.45, 7) is 6.62. The molecule has 4 aliphatic rings. The van der Waals surface area contributed by atoms with Crippen LogP contribution in [0.3, 0.4) is 0 Å². The summed E-state index contributed by atoms with van der Waals surface area (Å²) < 4.78 is 11.9. The highest BCUT2D eigenvalue weighted by molar-refractivity contribution is 6.02. The Balaban J connectivity index is 1.31. The fourth-order valence-corrected chi connectivity index (χ4v) is 7.37. The molecule has 222 valence electrons. The van der Waals surface area contributed by atoms with Gasteiger partial charge in [-0.1, -0.05) is 70.0 Å². The number of fused-ring (bicyclic) bond motifs is 1. The van der Waals surface area contributed by atoms with Crippen LogP contribution in [-0.2, 0) is 25.7 Å². The Morgan fingerprint density at radius 3 is 2.57 bits per heavy atom. The topological polar surface area (TPSA) is 97.0 Å². The molecule has 2 saturated heterocycles. The highest BCUT2D eigenvalue weighted by Gasteiger charge is 2.72. The zero-order valence-corrected chi connectivity index (χ0v) is 24.8. The number of ether oxygens (including phenoxy) is 2. The fourth-order valence-electron chi connectivity index (χ4n) is 7.37. The Kier molecular flexibility index (Phi) is 7.60. The quantitative estimate of drug-likeness (QED) is 0.444. The van der Waals surface area contributed by atoms with Gasteiger partial charge in [-0.3, -0.25) is 14.4 Å². The van der Waals surface area contributed by atoms with Gasteiger partial charge in [0.15, 0.2) is 0 Å². The zero-order chi connectivity index (χ0) is 29.6. The van der Waals surface area contributed by atoms with Gasteiger partial charge in [0.2, 0.25) is 17.7 Å². The van der Waals surface area contributed by atoms with Gasteiger partial charge in [-0.2, -0.15) is 0 Å². The number of carbonyl (C=O) groups excluding carboxylic acids is 3. The molecule has 0 aromatic heterocycles. The molecule has 1 saturated carbocycles. The van der Waals surface area contributed by atoms with Crippen molar-refractivity contribution in [3.05, 3.63) is 71.8 Å². The van der Waals surface area contributed by atoms with E-state index >= 15 is 0 Å². The normalized spacial score (nSPS) is 31.4. The van der Waals surface area contributed by atoms with Gasteiger partial charge >= 0.3 is 0 Å². The van der Waals surface area contributed by atoms with E-state index in [9.17, 15) is 14.4 Å². The van der Waals surface area contributed by atoms with Gasteiger partial charge in [0.05, 0.1) is 25.0 Å². The number of carbonyl (C=O) groups is 3. The highest BCUT2D eigenvalue weighted by atomic mass is 16.5. The molecular formula is C34H41N3O5. The van der Waals surface area contributed by atoms with Gasteiger partial charge < -0.3 is 25.0 Å². The number of likely N-dealkylation sites (tertiary alicyclic amines) is 1. The smallest absolute Gasteiger partial charge is 0.246 e. The van der Waals surface area contributed by atoms with Crippen LogP contribution in [0.5, 0.6) is 5.75 Å². The summed E-state index contributed by atoms with van der Waals surface area (Å²) in [7, 11) is 1.60. The molecule has 42 heavy (non-hydrogen) atoms. The van der Waals surface area contributed by atoms with Crippen molar-refractivity contribution in [3.63, 3.8) is 0 Å². The van der Waals surface area contributed by atoms with Crippen LogP contribution in [0.2, 0.25) is 0 Å². The molecule has 3 amide bonds. The van der Waals surface area contributed by atoms with Crippen molar-refractivity contribution < 1.29 is 23.9 Å². The fraction of sp³-hybridized carbons (Fsp3) is 0.500. The first-order valence-electron chi connectivity index (χ1n) is 15.2. The number of hydrogen-bond acceptors (Lipinski definition) is 5. The van der Waals surface area contributed by atoms with Crippen molar-refractivity contribution in [1.29, 1.82) is 0 Å². The number of anilines is 1. The van der Waals surface area contributed by atoms with E-state index in [0.717, 1.165) is 31.2 Å². The van der Waals surface area contributed by atoms with Crippen molar-refractivity contribution >= 4 is 23.4 Å². The summed E-state index contributed by atoms with van der Waals surface area (Å²) in [5, 5.41) is 6.31. The van der Waals surface area contributed by atoms with E-state index in [2.05, 4.69) is 31.4 Å². The molecule has 1 aliphatic carbocycles. The van der Waals surface area contributed by atoms with Crippen LogP contribution < -0.4 is 15.4 Å². The highest BCUT2D eigenvalue weighted by Crippen LogP contribution is 2.55. The number of amides is 3. The largest absolute Gasteiger partial charge is 0.497 e. The Morgan fingerprint density at radius 2 is 1.86 bits per heavy atom. The van der Waals surface area contributed by atoms with E-state index < -0.39 is 29.6 Å². The molecule has 0 radical (unpaired) electrons. The molecule has 7 unspecified atom stereocenters. The molecule has 2 aromatic carbocycles. The van der Waals surface area contributed by atoms with Gasteiger partial charge in [-0.15, -0.1) is 0 Å². The SMILES string of the molecule is COc1cccc(CN2C(=O)C3C(C(=O)Nc4ccc(C(C)C)cc4)C4C=CC3(O4)C2C(=O)NC2CCCCC2C)c1. The molecule has 8 nitrogen and oxygen atoms in total. The second-order valence-electron chi connectivity index (χ2n) is 12.7. The lowest BCUT2D eigenvalue weighted by Crippen LogP contribution is -2.57.